The molecular formula is C15H18N2O3. The van der Waals surface area contributed by atoms with Gasteiger partial charge in [0.1, 0.15) is 11.4 Å². The second-order valence-electron chi connectivity index (χ2n) is 4.80. The van der Waals surface area contributed by atoms with Crippen LogP contribution in [0.4, 0.5) is 0 Å². The summed E-state index contributed by atoms with van der Waals surface area (Å²) in [5.41, 5.74) is 1.89. The van der Waals surface area contributed by atoms with Crippen LogP contribution in [-0.4, -0.2) is 43.5 Å². The molecule has 5 nitrogen and oxygen atoms in total. The Morgan fingerprint density at radius 3 is 2.65 bits per heavy atom. The van der Waals surface area contributed by atoms with Crippen LogP contribution in [0.5, 0.6) is 5.75 Å². The third kappa shape index (κ3) is 3.00. The van der Waals surface area contributed by atoms with Crippen molar-refractivity contribution in [1.29, 1.82) is 0 Å². The van der Waals surface area contributed by atoms with E-state index in [0.717, 1.165) is 55.6 Å². The van der Waals surface area contributed by atoms with Crippen molar-refractivity contribution < 1.29 is 14.0 Å². The van der Waals surface area contributed by atoms with Gasteiger partial charge in [-0.15, -0.1) is 0 Å². The van der Waals surface area contributed by atoms with Gasteiger partial charge >= 0.3 is 0 Å². The molecule has 0 aliphatic carbocycles. The lowest BCUT2D eigenvalue weighted by Crippen LogP contribution is -2.35. The Bertz CT molecular complexity index is 545. The monoisotopic (exact) mass is 274 g/mol. The molecular weight excluding hydrogens is 256 g/mol. The number of rotatable bonds is 4. The summed E-state index contributed by atoms with van der Waals surface area (Å²) >= 11 is 0. The fraction of sp³-hybridized carbons (Fsp3) is 0.400. The van der Waals surface area contributed by atoms with Gasteiger partial charge in [-0.25, -0.2) is 0 Å². The van der Waals surface area contributed by atoms with E-state index >= 15 is 0 Å². The minimum atomic E-state index is 0.784. The summed E-state index contributed by atoms with van der Waals surface area (Å²) in [7, 11) is 1.66. The third-order valence-electron chi connectivity index (χ3n) is 3.43. The fourth-order valence-electron chi connectivity index (χ4n) is 2.26. The lowest BCUT2D eigenvalue weighted by atomic mass is 10.1. The zero-order chi connectivity index (χ0) is 13.8. The number of aromatic nitrogens is 1. The summed E-state index contributed by atoms with van der Waals surface area (Å²) in [6.45, 7) is 4.25. The summed E-state index contributed by atoms with van der Waals surface area (Å²) in [6.07, 6.45) is 0. The molecule has 0 N–H and O–H groups in total. The zero-order valence-electron chi connectivity index (χ0n) is 11.5. The van der Waals surface area contributed by atoms with Gasteiger partial charge in [0.15, 0.2) is 5.76 Å². The maximum Gasteiger partial charge on any atom is 0.151 e. The lowest BCUT2D eigenvalue weighted by molar-refractivity contribution is 0.0305. The molecule has 20 heavy (non-hydrogen) atoms. The van der Waals surface area contributed by atoms with Crippen molar-refractivity contribution in [2.45, 2.75) is 6.54 Å². The van der Waals surface area contributed by atoms with Gasteiger partial charge in [-0.05, 0) is 24.3 Å². The number of nitrogens with zero attached hydrogens (tertiary/aromatic N) is 2. The first-order chi connectivity index (χ1) is 9.85. The van der Waals surface area contributed by atoms with E-state index in [0.29, 0.717) is 0 Å². The van der Waals surface area contributed by atoms with Crippen LogP contribution in [0, 0.1) is 0 Å². The molecule has 0 atom stereocenters. The highest BCUT2D eigenvalue weighted by Crippen LogP contribution is 2.22. The Balaban J connectivity index is 1.68. The first-order valence-electron chi connectivity index (χ1n) is 6.75. The Morgan fingerprint density at radius 1 is 1.20 bits per heavy atom. The minimum absolute atomic E-state index is 0.784. The van der Waals surface area contributed by atoms with Crippen molar-refractivity contribution in [1.82, 2.24) is 10.1 Å². The van der Waals surface area contributed by atoms with Crippen LogP contribution in [0.15, 0.2) is 34.9 Å². The smallest absolute Gasteiger partial charge is 0.151 e. The van der Waals surface area contributed by atoms with Crippen LogP contribution in [0.1, 0.15) is 5.76 Å². The van der Waals surface area contributed by atoms with Gasteiger partial charge < -0.3 is 14.0 Å². The van der Waals surface area contributed by atoms with Crippen LogP contribution in [-0.2, 0) is 11.3 Å². The molecule has 0 spiro atoms. The van der Waals surface area contributed by atoms with Gasteiger partial charge in [0.05, 0.1) is 26.9 Å². The molecule has 106 valence electrons. The predicted octanol–water partition coefficient (Wildman–Crippen LogP) is 2.18. The van der Waals surface area contributed by atoms with Gasteiger partial charge in [0.25, 0.3) is 0 Å². The molecule has 1 saturated heterocycles. The minimum Gasteiger partial charge on any atom is -0.497 e. The van der Waals surface area contributed by atoms with Crippen molar-refractivity contribution in [2.24, 2.45) is 0 Å². The Morgan fingerprint density at radius 2 is 1.95 bits per heavy atom. The Labute approximate surface area is 118 Å². The molecule has 0 unspecified atom stereocenters. The summed E-state index contributed by atoms with van der Waals surface area (Å²) < 4.78 is 15.9. The summed E-state index contributed by atoms with van der Waals surface area (Å²) in [5.74, 6) is 1.73. The van der Waals surface area contributed by atoms with E-state index in [-0.39, 0.29) is 0 Å². The van der Waals surface area contributed by atoms with Gasteiger partial charge in [-0.2, -0.15) is 0 Å². The van der Waals surface area contributed by atoms with Crippen LogP contribution < -0.4 is 4.74 Å². The number of benzene rings is 1. The van der Waals surface area contributed by atoms with Gasteiger partial charge in [0, 0.05) is 24.7 Å². The largest absolute Gasteiger partial charge is 0.497 e. The molecule has 5 heteroatoms. The highest BCUT2D eigenvalue weighted by atomic mass is 16.5. The summed E-state index contributed by atoms with van der Waals surface area (Å²) in [6, 6.07) is 9.80. The lowest BCUT2D eigenvalue weighted by Gasteiger charge is -2.25. The first-order valence-corrected chi connectivity index (χ1v) is 6.75. The summed E-state index contributed by atoms with van der Waals surface area (Å²) in [4.78, 5) is 2.31. The fourth-order valence-corrected chi connectivity index (χ4v) is 2.26. The number of methoxy groups -OCH3 is 1. The Hall–Kier alpha value is -1.85. The number of hydrogen-bond acceptors (Lipinski definition) is 5. The second kappa shape index (κ2) is 6.07. The van der Waals surface area contributed by atoms with E-state index in [2.05, 4.69) is 10.1 Å². The molecule has 3 rings (SSSR count). The molecule has 0 saturated carbocycles. The van der Waals surface area contributed by atoms with E-state index in [1.807, 2.05) is 30.3 Å². The van der Waals surface area contributed by atoms with Crippen molar-refractivity contribution in [3.8, 4) is 17.0 Å². The molecule has 1 aliphatic heterocycles. The maximum atomic E-state index is 5.41. The predicted molar refractivity (Wildman–Crippen MR) is 74.6 cm³/mol. The van der Waals surface area contributed by atoms with E-state index in [1.165, 1.54) is 0 Å². The quantitative estimate of drug-likeness (QED) is 0.855. The number of ether oxygens (including phenoxy) is 2. The van der Waals surface area contributed by atoms with Crippen molar-refractivity contribution >= 4 is 0 Å². The molecule has 0 amide bonds. The standard InChI is InChI=1S/C15H18N2O3/c1-18-13-4-2-12(3-5-13)15-10-14(20-16-15)11-17-6-8-19-9-7-17/h2-5,10H,6-9,11H2,1H3. The molecule has 1 aliphatic rings. The normalized spacial score (nSPS) is 16.2. The topological polar surface area (TPSA) is 47.7 Å². The van der Waals surface area contributed by atoms with Crippen LogP contribution in [0.3, 0.4) is 0 Å². The Kier molecular flexibility index (Phi) is 3.99. The summed E-state index contributed by atoms with van der Waals surface area (Å²) in [5, 5.41) is 4.13. The maximum absolute atomic E-state index is 5.41. The van der Waals surface area contributed by atoms with Gasteiger partial charge in [-0.1, -0.05) is 5.16 Å². The van der Waals surface area contributed by atoms with Crippen LogP contribution in [0.25, 0.3) is 11.3 Å². The average molecular weight is 274 g/mol. The third-order valence-corrected chi connectivity index (χ3v) is 3.43. The average Bonchev–Trinajstić information content (AvgIpc) is 2.97. The van der Waals surface area contributed by atoms with Crippen LogP contribution in [0.2, 0.25) is 0 Å². The molecule has 1 fully saturated rings. The highest BCUT2D eigenvalue weighted by Gasteiger charge is 2.14. The highest BCUT2D eigenvalue weighted by molar-refractivity contribution is 5.59. The van der Waals surface area contributed by atoms with E-state index in [9.17, 15) is 0 Å². The zero-order valence-corrected chi connectivity index (χ0v) is 11.5. The number of morpholine rings is 1. The number of hydrogen-bond donors (Lipinski definition) is 0. The molecule has 1 aromatic heterocycles. The first kappa shape index (κ1) is 13.1. The van der Waals surface area contributed by atoms with Crippen molar-refractivity contribution in [3.05, 3.63) is 36.1 Å². The van der Waals surface area contributed by atoms with Crippen molar-refractivity contribution in [2.75, 3.05) is 33.4 Å². The van der Waals surface area contributed by atoms with E-state index in [4.69, 9.17) is 14.0 Å². The molecule has 0 radical (unpaired) electrons. The van der Waals surface area contributed by atoms with Gasteiger partial charge in [0.2, 0.25) is 0 Å². The molecule has 1 aromatic carbocycles. The van der Waals surface area contributed by atoms with E-state index in [1.54, 1.807) is 7.11 Å². The molecule has 0 bridgehead atoms. The molecule has 2 heterocycles. The van der Waals surface area contributed by atoms with Crippen molar-refractivity contribution in [3.63, 3.8) is 0 Å². The van der Waals surface area contributed by atoms with Crippen LogP contribution >= 0.6 is 0 Å². The molecule has 2 aromatic rings. The second-order valence-corrected chi connectivity index (χ2v) is 4.80. The SMILES string of the molecule is COc1ccc(-c2cc(CN3CCOCC3)on2)cc1. The van der Waals surface area contributed by atoms with Gasteiger partial charge in [-0.3, -0.25) is 4.90 Å². The van der Waals surface area contributed by atoms with E-state index < -0.39 is 0 Å².